The number of rotatable bonds is 24. The molecule has 9 heteroatoms. The van der Waals surface area contributed by atoms with E-state index in [1.165, 1.54) is 108 Å². The molecule has 0 spiro atoms. The first-order valence-corrected chi connectivity index (χ1v) is 16.3. The predicted molar refractivity (Wildman–Crippen MR) is 150 cm³/mol. The van der Waals surface area contributed by atoms with Gasteiger partial charge in [-0.15, -0.1) is 0 Å². The average molecular weight is 577 g/mol. The maximum Gasteiger partial charge on any atom is 1.00 e. The second-order valence-corrected chi connectivity index (χ2v) is 11.6. The van der Waals surface area contributed by atoms with Crippen molar-refractivity contribution in [1.29, 1.82) is 0 Å². The van der Waals surface area contributed by atoms with Gasteiger partial charge in [-0.3, -0.25) is 0 Å². The van der Waals surface area contributed by atoms with E-state index in [0.29, 0.717) is 0 Å². The zero-order chi connectivity index (χ0) is 27.9. The Morgan fingerprint density at radius 1 is 0.615 bits per heavy atom. The van der Waals surface area contributed by atoms with Crippen LogP contribution in [0.2, 0.25) is 0 Å². The number of unbranched alkanes of at least 4 members (excludes halogenated alkanes) is 17. The van der Waals surface area contributed by atoms with Crippen LogP contribution in [-0.2, 0) is 19.6 Å². The fourth-order valence-electron chi connectivity index (χ4n) is 4.40. The number of hydrogen-bond acceptors (Lipinski definition) is 7. The van der Waals surface area contributed by atoms with Crippen LogP contribution in [0.4, 0.5) is 0 Å². The van der Waals surface area contributed by atoms with Gasteiger partial charge >= 0.3 is 41.5 Å². The van der Waals surface area contributed by atoms with Gasteiger partial charge in [0, 0.05) is 0 Å². The second-order valence-electron chi connectivity index (χ2n) is 10.1. The van der Waals surface area contributed by atoms with Gasteiger partial charge in [-0.25, -0.2) is 18.0 Å². The monoisotopic (exact) mass is 576 g/mol. The van der Waals surface area contributed by atoms with Gasteiger partial charge in [-0.05, 0) is 18.6 Å². The summed E-state index contributed by atoms with van der Waals surface area (Å²) in [7, 11) is -4.48. The Balaban J connectivity index is 0.0000144. The van der Waals surface area contributed by atoms with Crippen molar-refractivity contribution in [3.05, 3.63) is 35.4 Å². The molecule has 0 aliphatic carbocycles. The van der Waals surface area contributed by atoms with E-state index in [-0.39, 0.29) is 47.3 Å². The van der Waals surface area contributed by atoms with Crippen LogP contribution in [0, 0.1) is 0 Å². The van der Waals surface area contributed by atoms with Gasteiger partial charge in [-0.2, -0.15) is 0 Å². The molecule has 0 heterocycles. The number of esters is 2. The van der Waals surface area contributed by atoms with Gasteiger partial charge in [0.05, 0.1) is 33.6 Å². The van der Waals surface area contributed by atoms with Crippen LogP contribution in [0.3, 0.4) is 0 Å². The number of carbonyl (C=O) groups excluding carboxylic acids is 2. The second kappa shape index (κ2) is 24.8. The minimum Gasteiger partial charge on any atom is -0.748 e. The average Bonchev–Trinajstić information content (AvgIpc) is 2.89. The summed E-state index contributed by atoms with van der Waals surface area (Å²) in [6, 6.07) is 6.03. The summed E-state index contributed by atoms with van der Waals surface area (Å²) < 4.78 is 42.1. The van der Waals surface area contributed by atoms with Crippen molar-refractivity contribution >= 4 is 22.1 Å². The molecule has 1 rings (SSSR count). The molecule has 0 aliphatic rings. The van der Waals surface area contributed by atoms with E-state index in [1.54, 1.807) is 12.1 Å². The van der Waals surface area contributed by atoms with Gasteiger partial charge in [0.15, 0.2) is 0 Å². The van der Waals surface area contributed by atoms with E-state index in [1.807, 2.05) is 0 Å². The summed E-state index contributed by atoms with van der Waals surface area (Å²) in [5, 5.41) is 0. The van der Waals surface area contributed by atoms with Crippen molar-refractivity contribution in [2.24, 2.45) is 0 Å². The molecule has 0 saturated carbocycles. The molecule has 0 fully saturated rings. The molecule has 0 radical (unpaired) electrons. The molecule has 0 saturated heterocycles. The Labute approximate surface area is 259 Å². The quantitative estimate of drug-likeness (QED) is 0.0766. The van der Waals surface area contributed by atoms with E-state index in [2.05, 4.69) is 6.92 Å². The smallest absolute Gasteiger partial charge is 0.748 e. The number of hydrogen-bond donors (Lipinski definition) is 0. The Morgan fingerprint density at radius 3 is 1.31 bits per heavy atom. The van der Waals surface area contributed by atoms with Gasteiger partial charge in [0.25, 0.3) is 0 Å². The van der Waals surface area contributed by atoms with Crippen LogP contribution in [0.5, 0.6) is 0 Å². The third-order valence-corrected chi connectivity index (χ3v) is 7.33. The van der Waals surface area contributed by atoms with Gasteiger partial charge in [0.2, 0.25) is 0 Å². The van der Waals surface area contributed by atoms with Crippen molar-refractivity contribution in [3.8, 4) is 0 Å². The number of carbonyl (C=O) groups is 2. The van der Waals surface area contributed by atoms with Crippen LogP contribution < -0.4 is 29.6 Å². The van der Waals surface area contributed by atoms with Crippen molar-refractivity contribution < 1.29 is 61.6 Å². The zero-order valence-electron chi connectivity index (χ0n) is 24.4. The molecule has 7 nitrogen and oxygen atoms in total. The maximum atomic E-state index is 12.4. The van der Waals surface area contributed by atoms with E-state index >= 15 is 0 Å². The fraction of sp³-hybridized carbons (Fsp3) is 0.733. The molecule has 0 aromatic heterocycles. The van der Waals surface area contributed by atoms with E-state index in [0.717, 1.165) is 19.3 Å². The maximum absolute atomic E-state index is 12.4. The third kappa shape index (κ3) is 21.5. The van der Waals surface area contributed by atoms with Crippen molar-refractivity contribution in [2.45, 2.75) is 122 Å². The first-order chi connectivity index (χ1) is 18.3. The summed E-state index contributed by atoms with van der Waals surface area (Å²) in [4.78, 5) is 24.6. The standard InChI is InChI=1S/C30H50O7S.Na/c1-2-3-4-5-6-7-8-9-10-11-12-13-14-15-16-17-18-21-24-36-29(31)27-22-19-20-23-28(27)30(32)37-25-26-38(33,34)35;/h19-20,22-23H,2-18,21,24-26H2,1H3,(H,33,34,35);/q;+1/p-1. The molecule has 39 heavy (non-hydrogen) atoms. The van der Waals surface area contributed by atoms with Crippen LogP contribution in [0.25, 0.3) is 0 Å². The summed E-state index contributed by atoms with van der Waals surface area (Å²) in [6.07, 6.45) is 23.2. The Morgan fingerprint density at radius 2 is 0.949 bits per heavy atom. The molecule has 218 valence electrons. The first kappa shape index (κ1) is 38.1. The number of benzene rings is 1. The van der Waals surface area contributed by atoms with Gasteiger partial charge < -0.3 is 14.0 Å². The summed E-state index contributed by atoms with van der Waals surface area (Å²) >= 11 is 0. The topological polar surface area (TPSA) is 110 Å². The predicted octanol–water partition coefficient (Wildman–Crippen LogP) is 4.59. The number of ether oxygens (including phenoxy) is 2. The van der Waals surface area contributed by atoms with Gasteiger partial charge in [-0.1, -0.05) is 128 Å². The SMILES string of the molecule is CCCCCCCCCCCCCCCCCCCCOC(=O)c1ccccc1C(=O)OCCS(=O)(=O)[O-].[Na+]. The molecule has 0 atom stereocenters. The molecule has 0 amide bonds. The molecule has 0 aliphatic heterocycles. The summed E-state index contributed by atoms with van der Waals surface area (Å²) in [5.74, 6) is -2.31. The molecule has 0 N–H and O–H groups in total. The van der Waals surface area contributed by atoms with Crippen LogP contribution >= 0.6 is 0 Å². The molecule has 1 aromatic carbocycles. The zero-order valence-corrected chi connectivity index (χ0v) is 27.2. The van der Waals surface area contributed by atoms with Crippen molar-refractivity contribution in [1.82, 2.24) is 0 Å². The third-order valence-electron chi connectivity index (χ3n) is 6.66. The van der Waals surface area contributed by atoms with Crippen LogP contribution in [0.15, 0.2) is 24.3 Å². The Kier molecular flexibility index (Phi) is 24.2. The van der Waals surface area contributed by atoms with Crippen LogP contribution in [-0.4, -0.2) is 43.9 Å². The minimum absolute atomic E-state index is 0. The van der Waals surface area contributed by atoms with E-state index in [4.69, 9.17) is 9.47 Å². The fourth-order valence-corrected chi connectivity index (χ4v) is 4.69. The minimum atomic E-state index is -4.48. The molecule has 0 bridgehead atoms. The van der Waals surface area contributed by atoms with Gasteiger partial charge in [0.1, 0.15) is 6.61 Å². The Hall–Kier alpha value is -0.930. The first-order valence-electron chi connectivity index (χ1n) is 14.7. The normalized spacial score (nSPS) is 11.1. The largest absolute Gasteiger partial charge is 1.00 e. The molecule has 0 unspecified atom stereocenters. The van der Waals surface area contributed by atoms with Crippen molar-refractivity contribution in [3.63, 3.8) is 0 Å². The van der Waals surface area contributed by atoms with Crippen LogP contribution in [0.1, 0.15) is 143 Å². The summed E-state index contributed by atoms with van der Waals surface area (Å²) in [6.45, 7) is 1.98. The molecule has 1 aromatic rings. The van der Waals surface area contributed by atoms with Crippen molar-refractivity contribution in [2.75, 3.05) is 19.0 Å². The molecular weight excluding hydrogens is 527 g/mol. The molecular formula is C30H49NaO7S. The van der Waals surface area contributed by atoms with E-state index < -0.39 is 34.4 Å². The Bertz CT molecular complexity index is 874. The summed E-state index contributed by atoms with van der Waals surface area (Å²) in [5.41, 5.74) is 0.0449. The van der Waals surface area contributed by atoms with E-state index in [9.17, 15) is 22.6 Å².